The highest BCUT2D eigenvalue weighted by Gasteiger charge is 2.44. The van der Waals surface area contributed by atoms with Gasteiger partial charge in [0.05, 0.1) is 0 Å². The average molecular weight is 507 g/mol. The summed E-state index contributed by atoms with van der Waals surface area (Å²) in [4.78, 5) is 0. The first kappa shape index (κ1) is 28.9. The molecule has 0 aliphatic carbocycles. The molecule has 0 radical (unpaired) electrons. The smallest absolute Gasteiger partial charge is 0.370 e. The molecule has 0 atom stereocenters. The lowest BCUT2D eigenvalue weighted by molar-refractivity contribution is 0.0851. The second kappa shape index (κ2) is 14.9. The third-order valence-electron chi connectivity index (χ3n) is 5.32. The second-order valence-corrected chi connectivity index (χ2v) is 12.7. The van der Waals surface area contributed by atoms with Gasteiger partial charge in [-0.2, -0.15) is 0 Å². The Morgan fingerprint density at radius 2 is 0.647 bits per heavy atom. The van der Waals surface area contributed by atoms with E-state index in [4.69, 9.17) is 26.6 Å². The van der Waals surface area contributed by atoms with E-state index < -0.39 is 17.6 Å². The van der Waals surface area contributed by atoms with Crippen LogP contribution in [0.1, 0.15) is 52.7 Å². The Morgan fingerprint density at radius 3 is 0.853 bits per heavy atom. The van der Waals surface area contributed by atoms with E-state index in [1.54, 1.807) is 0 Å². The molecule has 2 aromatic rings. The van der Waals surface area contributed by atoms with E-state index in [0.29, 0.717) is 39.6 Å². The van der Waals surface area contributed by atoms with Crippen LogP contribution in [0, 0.1) is 0 Å². The van der Waals surface area contributed by atoms with Gasteiger partial charge in [-0.25, -0.2) is 0 Å². The normalized spacial score (nSPS) is 12.3. The Morgan fingerprint density at radius 1 is 0.412 bits per heavy atom. The van der Waals surface area contributed by atoms with Crippen molar-refractivity contribution in [2.45, 2.75) is 54.4 Å². The molecule has 0 aliphatic rings. The van der Waals surface area contributed by atoms with Gasteiger partial charge in [-0.05, 0) is 65.5 Å². The fraction of sp³-hybridized carbons (Fsp3) is 0.538. The van der Waals surface area contributed by atoms with Crippen molar-refractivity contribution in [3.05, 3.63) is 59.7 Å². The highest BCUT2D eigenvalue weighted by molar-refractivity contribution is 6.75. The van der Waals surface area contributed by atoms with Gasteiger partial charge in [-0.1, -0.05) is 48.5 Å². The quantitative estimate of drug-likeness (QED) is 0.303. The summed E-state index contributed by atoms with van der Waals surface area (Å²) >= 11 is 0. The van der Waals surface area contributed by atoms with Crippen LogP contribution >= 0.6 is 0 Å². The van der Waals surface area contributed by atoms with Crippen LogP contribution in [0.3, 0.4) is 0 Å². The van der Waals surface area contributed by atoms with Gasteiger partial charge in [-0.15, -0.1) is 0 Å². The minimum absolute atomic E-state index is 0.560. The second-order valence-electron chi connectivity index (χ2n) is 7.60. The van der Waals surface area contributed by atoms with Gasteiger partial charge in [0.15, 0.2) is 0 Å². The summed E-state index contributed by atoms with van der Waals surface area (Å²) < 4.78 is 36.1. The number of hydrogen-bond acceptors (Lipinski definition) is 6. The van der Waals surface area contributed by atoms with Crippen molar-refractivity contribution in [3.8, 4) is 0 Å². The molecule has 0 heterocycles. The van der Waals surface area contributed by atoms with E-state index in [-0.39, 0.29) is 0 Å². The molecule has 8 heteroatoms. The van der Waals surface area contributed by atoms with Gasteiger partial charge in [0.2, 0.25) is 0 Å². The van der Waals surface area contributed by atoms with Crippen molar-refractivity contribution in [1.29, 1.82) is 0 Å². The first-order valence-corrected chi connectivity index (χ1v) is 16.0. The summed E-state index contributed by atoms with van der Waals surface area (Å²) in [6.45, 7) is 15.2. The summed E-state index contributed by atoms with van der Waals surface area (Å²) in [6, 6.07) is 17.0. The van der Waals surface area contributed by atoms with Gasteiger partial charge in [0.1, 0.15) is 0 Å². The molecule has 0 saturated carbocycles. The third kappa shape index (κ3) is 7.56. The number of hydrogen-bond donors (Lipinski definition) is 0. The van der Waals surface area contributed by atoms with Gasteiger partial charge in [-0.3, -0.25) is 0 Å². The van der Waals surface area contributed by atoms with Crippen molar-refractivity contribution >= 4 is 28.0 Å². The van der Waals surface area contributed by atoms with Crippen LogP contribution in [-0.4, -0.2) is 57.3 Å². The summed E-state index contributed by atoms with van der Waals surface area (Å²) in [7, 11) is -5.72. The zero-order valence-corrected chi connectivity index (χ0v) is 23.7. The highest BCUT2D eigenvalue weighted by atomic mass is 28.4. The fourth-order valence-corrected chi connectivity index (χ4v) is 8.86. The van der Waals surface area contributed by atoms with E-state index in [1.165, 1.54) is 11.1 Å². The minimum Gasteiger partial charge on any atom is -0.370 e. The van der Waals surface area contributed by atoms with Crippen LogP contribution in [0.4, 0.5) is 0 Å². The molecular formula is C26H42O6Si2. The van der Waals surface area contributed by atoms with Crippen molar-refractivity contribution in [2.75, 3.05) is 39.6 Å². The molecule has 190 valence electrons. The third-order valence-corrected chi connectivity index (χ3v) is 11.4. The maximum atomic E-state index is 6.02. The van der Waals surface area contributed by atoms with Crippen LogP contribution in [0.25, 0.3) is 0 Å². The lowest BCUT2D eigenvalue weighted by Crippen LogP contribution is -2.56. The molecule has 2 aromatic carbocycles. The lowest BCUT2D eigenvalue weighted by atomic mass is 10.0. The lowest BCUT2D eigenvalue weighted by Gasteiger charge is -2.28. The molecule has 0 aromatic heterocycles. The Hall–Kier alpha value is -1.37. The Kier molecular flexibility index (Phi) is 12.7. The van der Waals surface area contributed by atoms with E-state index in [9.17, 15) is 0 Å². The Bertz CT molecular complexity index is 710. The summed E-state index contributed by atoms with van der Waals surface area (Å²) in [5.41, 5.74) is 2.53. The van der Waals surface area contributed by atoms with Gasteiger partial charge >= 0.3 is 17.6 Å². The number of aryl methyl sites for hydroxylation is 2. The van der Waals surface area contributed by atoms with E-state index in [1.807, 2.05) is 41.5 Å². The van der Waals surface area contributed by atoms with Gasteiger partial charge < -0.3 is 26.6 Å². The predicted octanol–water partition coefficient (Wildman–Crippen LogP) is 3.98. The zero-order chi connectivity index (χ0) is 24.9. The van der Waals surface area contributed by atoms with E-state index in [2.05, 4.69) is 48.5 Å². The molecule has 0 aliphatic heterocycles. The minimum atomic E-state index is -2.86. The predicted molar refractivity (Wildman–Crippen MR) is 141 cm³/mol. The number of rotatable bonds is 17. The molecule has 6 nitrogen and oxygen atoms in total. The van der Waals surface area contributed by atoms with Crippen LogP contribution < -0.4 is 10.4 Å². The SMILES string of the molecule is CCO[Si](OCC)(OCC)c1ccc(CCc2ccc([Si](OCC)(OCC)OCC)cc2)cc1. The summed E-state index contributed by atoms with van der Waals surface area (Å²) in [6.07, 6.45) is 1.88. The van der Waals surface area contributed by atoms with Crippen LogP contribution in [0.2, 0.25) is 0 Å². The van der Waals surface area contributed by atoms with Crippen LogP contribution in [-0.2, 0) is 39.4 Å². The largest absolute Gasteiger partial charge is 0.537 e. The molecule has 0 bridgehead atoms. The van der Waals surface area contributed by atoms with Crippen LogP contribution in [0.15, 0.2) is 48.5 Å². The molecule has 0 amide bonds. The summed E-state index contributed by atoms with van der Waals surface area (Å²) in [5, 5.41) is 2.02. The first-order valence-electron chi connectivity index (χ1n) is 12.5. The van der Waals surface area contributed by atoms with Crippen molar-refractivity contribution in [1.82, 2.24) is 0 Å². The van der Waals surface area contributed by atoms with Crippen molar-refractivity contribution < 1.29 is 26.6 Å². The number of benzene rings is 2. The standard InChI is InChI=1S/C26H42O6Si2/c1-7-27-33(28-8-2,29-9-3)25-19-15-23(16-20-25)13-14-24-17-21-26(22-18-24)34(30-10-4,31-11-5)32-12-6/h15-22H,7-14H2,1-6H3. The Labute approximate surface area is 208 Å². The first-order chi connectivity index (χ1) is 16.5. The topological polar surface area (TPSA) is 55.4 Å². The van der Waals surface area contributed by atoms with E-state index in [0.717, 1.165) is 23.2 Å². The maximum absolute atomic E-state index is 6.02. The van der Waals surface area contributed by atoms with E-state index >= 15 is 0 Å². The molecule has 0 saturated heterocycles. The molecule has 0 fully saturated rings. The molecule has 0 N–H and O–H groups in total. The monoisotopic (exact) mass is 506 g/mol. The van der Waals surface area contributed by atoms with Crippen molar-refractivity contribution in [2.24, 2.45) is 0 Å². The van der Waals surface area contributed by atoms with Gasteiger partial charge in [0, 0.05) is 50.0 Å². The molecule has 0 spiro atoms. The zero-order valence-electron chi connectivity index (χ0n) is 21.7. The maximum Gasteiger partial charge on any atom is 0.537 e. The highest BCUT2D eigenvalue weighted by Crippen LogP contribution is 2.15. The molecule has 34 heavy (non-hydrogen) atoms. The molecule has 2 rings (SSSR count). The average Bonchev–Trinajstić information content (AvgIpc) is 2.84. The molecule has 0 unspecified atom stereocenters. The fourth-order valence-electron chi connectivity index (χ4n) is 3.93. The Balaban J connectivity index is 2.10. The molecular weight excluding hydrogens is 464 g/mol. The van der Waals surface area contributed by atoms with Crippen molar-refractivity contribution in [3.63, 3.8) is 0 Å². The van der Waals surface area contributed by atoms with Gasteiger partial charge in [0.25, 0.3) is 0 Å². The summed E-state index contributed by atoms with van der Waals surface area (Å²) in [5.74, 6) is 0. The van der Waals surface area contributed by atoms with Crippen LogP contribution in [0.5, 0.6) is 0 Å².